The fourth-order valence-corrected chi connectivity index (χ4v) is 2.75. The molecule has 2 rings (SSSR count). The molecular formula is C16H29N3O. The molecule has 20 heavy (non-hydrogen) atoms. The minimum atomic E-state index is 0.489. The summed E-state index contributed by atoms with van der Waals surface area (Å²) < 4.78 is 5.85. The SMILES string of the molecule is Cc1oc(CNC(C)C)cc1CN1CCC(N(C)C)C1. The summed E-state index contributed by atoms with van der Waals surface area (Å²) in [7, 11) is 4.35. The predicted molar refractivity (Wildman–Crippen MR) is 82.8 cm³/mol. The van der Waals surface area contributed by atoms with Gasteiger partial charge in [0.05, 0.1) is 6.54 Å². The Bertz CT molecular complexity index is 425. The van der Waals surface area contributed by atoms with Gasteiger partial charge in [0.2, 0.25) is 0 Å². The summed E-state index contributed by atoms with van der Waals surface area (Å²) in [5.41, 5.74) is 1.34. The van der Waals surface area contributed by atoms with E-state index in [1.807, 2.05) is 0 Å². The Morgan fingerprint density at radius 1 is 1.45 bits per heavy atom. The van der Waals surface area contributed by atoms with Crippen molar-refractivity contribution in [3.05, 3.63) is 23.2 Å². The van der Waals surface area contributed by atoms with Crippen LogP contribution in [0.5, 0.6) is 0 Å². The highest BCUT2D eigenvalue weighted by Crippen LogP contribution is 2.21. The Balaban J connectivity index is 1.90. The summed E-state index contributed by atoms with van der Waals surface area (Å²) in [6.45, 7) is 10.6. The van der Waals surface area contributed by atoms with Crippen LogP contribution < -0.4 is 5.32 Å². The van der Waals surface area contributed by atoms with Gasteiger partial charge >= 0.3 is 0 Å². The van der Waals surface area contributed by atoms with Crippen LogP contribution in [0.1, 0.15) is 37.4 Å². The van der Waals surface area contributed by atoms with Crippen LogP contribution in [0.15, 0.2) is 10.5 Å². The number of rotatable bonds is 6. The molecule has 1 aromatic heterocycles. The number of likely N-dealkylation sites (N-methyl/N-ethyl adjacent to an activating group) is 1. The Hall–Kier alpha value is -0.840. The van der Waals surface area contributed by atoms with Crippen molar-refractivity contribution in [2.75, 3.05) is 27.2 Å². The van der Waals surface area contributed by atoms with Crippen LogP contribution >= 0.6 is 0 Å². The third-order valence-electron chi connectivity index (χ3n) is 4.13. The minimum absolute atomic E-state index is 0.489. The summed E-state index contributed by atoms with van der Waals surface area (Å²) in [6, 6.07) is 3.40. The standard InChI is InChI=1S/C16H29N3O/c1-12(2)17-9-16-8-14(13(3)20-16)10-19-7-6-15(11-19)18(4)5/h8,12,15,17H,6-7,9-11H2,1-5H3. The van der Waals surface area contributed by atoms with Gasteiger partial charge < -0.3 is 14.6 Å². The molecule has 4 heteroatoms. The summed E-state index contributed by atoms with van der Waals surface area (Å²) >= 11 is 0. The first-order valence-electron chi connectivity index (χ1n) is 7.66. The van der Waals surface area contributed by atoms with Crippen LogP contribution in [0, 0.1) is 6.92 Å². The van der Waals surface area contributed by atoms with Gasteiger partial charge in [0.1, 0.15) is 11.5 Å². The fourth-order valence-electron chi connectivity index (χ4n) is 2.75. The first kappa shape index (κ1) is 15.5. The van der Waals surface area contributed by atoms with Crippen LogP contribution in [-0.2, 0) is 13.1 Å². The molecule has 4 nitrogen and oxygen atoms in total. The van der Waals surface area contributed by atoms with Gasteiger partial charge in [0, 0.05) is 37.3 Å². The first-order valence-corrected chi connectivity index (χ1v) is 7.66. The molecule has 114 valence electrons. The second-order valence-electron chi connectivity index (χ2n) is 6.47. The summed E-state index contributed by atoms with van der Waals surface area (Å²) in [5.74, 6) is 2.12. The summed E-state index contributed by atoms with van der Waals surface area (Å²) in [4.78, 5) is 4.86. The molecule has 2 heterocycles. The molecule has 0 aromatic carbocycles. The highest BCUT2D eigenvalue weighted by atomic mass is 16.3. The Morgan fingerprint density at radius 3 is 2.80 bits per heavy atom. The molecular weight excluding hydrogens is 250 g/mol. The summed E-state index contributed by atoms with van der Waals surface area (Å²) in [6.07, 6.45) is 1.27. The van der Waals surface area contributed by atoms with Crippen molar-refractivity contribution in [1.82, 2.24) is 15.1 Å². The van der Waals surface area contributed by atoms with Gasteiger partial charge in [-0.3, -0.25) is 4.90 Å². The van der Waals surface area contributed by atoms with E-state index in [9.17, 15) is 0 Å². The van der Waals surface area contributed by atoms with E-state index in [1.165, 1.54) is 18.5 Å². The molecule has 1 N–H and O–H groups in total. The number of likely N-dealkylation sites (tertiary alicyclic amines) is 1. The van der Waals surface area contributed by atoms with Gasteiger partial charge in [-0.15, -0.1) is 0 Å². The average Bonchev–Trinajstić information content (AvgIpc) is 2.95. The zero-order chi connectivity index (χ0) is 14.7. The predicted octanol–water partition coefficient (Wildman–Crippen LogP) is 2.22. The molecule has 0 aliphatic carbocycles. The maximum absolute atomic E-state index is 5.85. The van der Waals surface area contributed by atoms with E-state index in [2.05, 4.69) is 56.0 Å². The van der Waals surface area contributed by atoms with E-state index in [1.54, 1.807) is 0 Å². The lowest BCUT2D eigenvalue weighted by Crippen LogP contribution is -2.31. The molecule has 0 saturated carbocycles. The normalized spacial score (nSPS) is 20.4. The van der Waals surface area contributed by atoms with E-state index in [4.69, 9.17) is 4.42 Å². The highest BCUT2D eigenvalue weighted by Gasteiger charge is 2.24. The Labute approximate surface area is 123 Å². The van der Waals surface area contributed by atoms with Crippen molar-refractivity contribution in [2.45, 2.75) is 52.4 Å². The molecule has 0 spiro atoms. The largest absolute Gasteiger partial charge is 0.465 e. The lowest BCUT2D eigenvalue weighted by Gasteiger charge is -2.20. The zero-order valence-electron chi connectivity index (χ0n) is 13.6. The maximum Gasteiger partial charge on any atom is 0.118 e. The number of nitrogens with zero attached hydrogens (tertiary/aromatic N) is 2. The summed E-state index contributed by atoms with van der Waals surface area (Å²) in [5, 5.41) is 3.40. The van der Waals surface area contributed by atoms with Crippen molar-refractivity contribution in [1.29, 1.82) is 0 Å². The lowest BCUT2D eigenvalue weighted by atomic mass is 10.2. The number of hydrogen-bond donors (Lipinski definition) is 1. The Morgan fingerprint density at radius 2 is 2.20 bits per heavy atom. The van der Waals surface area contributed by atoms with E-state index in [-0.39, 0.29) is 0 Å². The lowest BCUT2D eigenvalue weighted by molar-refractivity contribution is 0.264. The fraction of sp³-hybridized carbons (Fsp3) is 0.750. The average molecular weight is 279 g/mol. The number of furan rings is 1. The molecule has 1 aliphatic rings. The third-order valence-corrected chi connectivity index (χ3v) is 4.13. The zero-order valence-corrected chi connectivity index (χ0v) is 13.6. The van der Waals surface area contributed by atoms with Crippen LogP contribution in [0.4, 0.5) is 0 Å². The van der Waals surface area contributed by atoms with E-state index >= 15 is 0 Å². The molecule has 1 aliphatic heterocycles. The molecule has 0 bridgehead atoms. The first-order chi connectivity index (χ1) is 9.45. The van der Waals surface area contributed by atoms with E-state index < -0.39 is 0 Å². The molecule has 1 aromatic rings. The third kappa shape index (κ3) is 4.08. The van der Waals surface area contributed by atoms with Gasteiger partial charge in [-0.1, -0.05) is 13.8 Å². The molecule has 1 fully saturated rings. The quantitative estimate of drug-likeness (QED) is 0.865. The highest BCUT2D eigenvalue weighted by molar-refractivity contribution is 5.21. The van der Waals surface area contributed by atoms with Gasteiger partial charge in [-0.2, -0.15) is 0 Å². The second kappa shape index (κ2) is 6.74. The number of hydrogen-bond acceptors (Lipinski definition) is 4. The Kier molecular flexibility index (Phi) is 5.24. The second-order valence-corrected chi connectivity index (χ2v) is 6.47. The number of aryl methyl sites for hydroxylation is 1. The van der Waals surface area contributed by atoms with Crippen molar-refractivity contribution >= 4 is 0 Å². The van der Waals surface area contributed by atoms with Crippen molar-refractivity contribution in [3.8, 4) is 0 Å². The van der Waals surface area contributed by atoms with E-state index in [0.717, 1.165) is 31.2 Å². The number of nitrogens with one attached hydrogen (secondary N) is 1. The van der Waals surface area contributed by atoms with Gasteiger partial charge in [0.25, 0.3) is 0 Å². The van der Waals surface area contributed by atoms with Crippen LogP contribution in [0.25, 0.3) is 0 Å². The van der Waals surface area contributed by atoms with Crippen molar-refractivity contribution in [3.63, 3.8) is 0 Å². The van der Waals surface area contributed by atoms with Gasteiger partial charge in [-0.25, -0.2) is 0 Å². The minimum Gasteiger partial charge on any atom is -0.465 e. The van der Waals surface area contributed by atoms with Gasteiger partial charge in [-0.05, 0) is 33.5 Å². The molecule has 0 radical (unpaired) electrons. The monoisotopic (exact) mass is 279 g/mol. The molecule has 1 unspecified atom stereocenters. The molecule has 1 saturated heterocycles. The van der Waals surface area contributed by atoms with E-state index in [0.29, 0.717) is 12.1 Å². The topological polar surface area (TPSA) is 31.7 Å². The maximum atomic E-state index is 5.85. The molecule has 0 amide bonds. The van der Waals surface area contributed by atoms with Crippen LogP contribution in [0.3, 0.4) is 0 Å². The van der Waals surface area contributed by atoms with Crippen LogP contribution in [0.2, 0.25) is 0 Å². The van der Waals surface area contributed by atoms with Crippen molar-refractivity contribution in [2.24, 2.45) is 0 Å². The van der Waals surface area contributed by atoms with Crippen LogP contribution in [-0.4, -0.2) is 49.1 Å². The molecule has 1 atom stereocenters. The van der Waals surface area contributed by atoms with Gasteiger partial charge in [0.15, 0.2) is 0 Å². The van der Waals surface area contributed by atoms with Crippen molar-refractivity contribution < 1.29 is 4.42 Å². The smallest absolute Gasteiger partial charge is 0.118 e.